The fourth-order valence-electron chi connectivity index (χ4n) is 1.89. The highest BCUT2D eigenvalue weighted by atomic mass is 127. The summed E-state index contributed by atoms with van der Waals surface area (Å²) in [5, 5.41) is 6.85. The van der Waals surface area contributed by atoms with E-state index in [4.69, 9.17) is 11.6 Å². The number of carbonyl (C=O) groups excluding carboxylic acids is 1. The Hall–Kier alpha value is -0.330. The second kappa shape index (κ2) is 6.02. The second-order valence-electron chi connectivity index (χ2n) is 4.12. The summed E-state index contributed by atoms with van der Waals surface area (Å²) in [5.74, 6) is 0.0462. The van der Waals surface area contributed by atoms with Gasteiger partial charge in [0.15, 0.2) is 0 Å². The molecule has 5 heteroatoms. The normalized spacial score (nSPS) is 20.0. The number of nitrogens with one attached hydrogen (secondary N) is 2. The first-order valence-corrected chi connectivity index (χ1v) is 7.12. The van der Waals surface area contributed by atoms with Crippen molar-refractivity contribution in [3.05, 3.63) is 26.8 Å². The van der Waals surface area contributed by atoms with Crippen LogP contribution in [0.2, 0.25) is 5.02 Å². The average Bonchev–Trinajstić information content (AvgIpc) is 2.34. The maximum atomic E-state index is 12.0. The van der Waals surface area contributed by atoms with Crippen LogP contribution in [0.3, 0.4) is 0 Å². The summed E-state index contributed by atoms with van der Waals surface area (Å²) in [7, 11) is 0. The fourth-order valence-corrected chi connectivity index (χ4v) is 2.89. The van der Waals surface area contributed by atoms with Crippen molar-refractivity contribution in [2.24, 2.45) is 0 Å². The molecule has 0 bridgehead atoms. The van der Waals surface area contributed by atoms with Crippen molar-refractivity contribution >= 4 is 45.8 Å². The highest BCUT2D eigenvalue weighted by Crippen LogP contribution is 2.22. The molecular weight excluding hydrogens is 351 g/mol. The molecule has 1 atom stereocenters. The first kappa shape index (κ1) is 13.1. The molecule has 0 aromatic heterocycles. The van der Waals surface area contributed by atoms with E-state index in [0.717, 1.165) is 35.1 Å². The van der Waals surface area contributed by atoms with Gasteiger partial charge in [-0.1, -0.05) is 18.0 Å². The lowest BCUT2D eigenvalue weighted by atomic mass is 10.0. The summed E-state index contributed by atoms with van der Waals surface area (Å²) in [6, 6.07) is 5.40. The van der Waals surface area contributed by atoms with Gasteiger partial charge in [-0.3, -0.25) is 4.79 Å². The number of carbonyl (C=O) groups is 1. The van der Waals surface area contributed by atoms with Crippen LogP contribution in [0, 0.1) is 3.57 Å². The van der Waals surface area contributed by atoms with E-state index in [1.165, 1.54) is 0 Å². The molecule has 0 aliphatic carbocycles. The average molecular weight is 365 g/mol. The van der Waals surface area contributed by atoms with Crippen LogP contribution in [0.5, 0.6) is 0 Å². The fraction of sp³-hybridized carbons (Fsp3) is 0.417. The molecule has 0 saturated carbocycles. The molecular formula is C12H14ClIN2O. The SMILES string of the molecule is O=C(Nc1ccc(Cl)cc1I)[C@H]1CCCCN1. The molecule has 1 aliphatic heterocycles. The van der Waals surface area contributed by atoms with Gasteiger partial charge in [-0.05, 0) is 60.2 Å². The van der Waals surface area contributed by atoms with Gasteiger partial charge < -0.3 is 10.6 Å². The molecule has 2 N–H and O–H groups in total. The molecule has 2 rings (SSSR count). The zero-order valence-corrected chi connectivity index (χ0v) is 12.2. The van der Waals surface area contributed by atoms with E-state index >= 15 is 0 Å². The van der Waals surface area contributed by atoms with Gasteiger partial charge in [-0.15, -0.1) is 0 Å². The molecule has 1 aromatic carbocycles. The van der Waals surface area contributed by atoms with E-state index in [9.17, 15) is 4.79 Å². The monoisotopic (exact) mass is 364 g/mol. The molecule has 1 saturated heterocycles. The maximum absolute atomic E-state index is 12.0. The van der Waals surface area contributed by atoms with Gasteiger partial charge in [0.25, 0.3) is 0 Å². The van der Waals surface area contributed by atoms with E-state index in [2.05, 4.69) is 33.2 Å². The van der Waals surface area contributed by atoms with Gasteiger partial charge in [0.2, 0.25) is 5.91 Å². The number of amides is 1. The third-order valence-electron chi connectivity index (χ3n) is 2.82. The van der Waals surface area contributed by atoms with Gasteiger partial charge >= 0.3 is 0 Å². The van der Waals surface area contributed by atoms with E-state index in [1.807, 2.05) is 12.1 Å². The van der Waals surface area contributed by atoms with Crippen molar-refractivity contribution in [1.29, 1.82) is 0 Å². The summed E-state index contributed by atoms with van der Waals surface area (Å²) in [4.78, 5) is 12.0. The number of rotatable bonds is 2. The zero-order valence-electron chi connectivity index (χ0n) is 9.30. The minimum absolute atomic E-state index is 0.0462. The standard InChI is InChI=1S/C12H14ClIN2O/c13-8-4-5-10(9(14)7-8)16-12(17)11-3-1-2-6-15-11/h4-5,7,11,15H,1-3,6H2,(H,16,17)/t11-/m1/s1. The smallest absolute Gasteiger partial charge is 0.241 e. The van der Waals surface area contributed by atoms with Crippen molar-refractivity contribution in [3.8, 4) is 0 Å². The maximum Gasteiger partial charge on any atom is 0.241 e. The zero-order chi connectivity index (χ0) is 12.3. The Kier molecular flexibility index (Phi) is 4.64. The Morgan fingerprint density at radius 3 is 2.94 bits per heavy atom. The topological polar surface area (TPSA) is 41.1 Å². The Morgan fingerprint density at radius 2 is 2.29 bits per heavy atom. The van der Waals surface area contributed by atoms with Gasteiger partial charge in [0.05, 0.1) is 11.7 Å². The number of piperidine rings is 1. The molecule has 0 spiro atoms. The van der Waals surface area contributed by atoms with Crippen LogP contribution in [-0.4, -0.2) is 18.5 Å². The van der Waals surface area contributed by atoms with Gasteiger partial charge in [-0.2, -0.15) is 0 Å². The summed E-state index contributed by atoms with van der Waals surface area (Å²) in [5.41, 5.74) is 0.826. The van der Waals surface area contributed by atoms with Crippen LogP contribution >= 0.6 is 34.2 Å². The summed E-state index contributed by atoms with van der Waals surface area (Å²) < 4.78 is 0.958. The van der Waals surface area contributed by atoms with Crippen molar-refractivity contribution < 1.29 is 4.79 Å². The Balaban J connectivity index is 2.02. The highest BCUT2D eigenvalue weighted by molar-refractivity contribution is 14.1. The molecule has 1 amide bonds. The number of hydrogen-bond donors (Lipinski definition) is 2. The number of anilines is 1. The van der Waals surface area contributed by atoms with Crippen molar-refractivity contribution in [2.45, 2.75) is 25.3 Å². The molecule has 92 valence electrons. The van der Waals surface area contributed by atoms with E-state index < -0.39 is 0 Å². The highest BCUT2D eigenvalue weighted by Gasteiger charge is 2.20. The quantitative estimate of drug-likeness (QED) is 0.792. The first-order valence-electron chi connectivity index (χ1n) is 5.66. The minimum atomic E-state index is -0.0600. The predicted octanol–water partition coefficient (Wildman–Crippen LogP) is 3.03. The van der Waals surface area contributed by atoms with Crippen molar-refractivity contribution in [1.82, 2.24) is 5.32 Å². The van der Waals surface area contributed by atoms with Crippen LogP contribution in [0.15, 0.2) is 18.2 Å². The molecule has 17 heavy (non-hydrogen) atoms. The molecule has 1 fully saturated rings. The summed E-state index contributed by atoms with van der Waals surface area (Å²) in [6.07, 6.45) is 3.18. The molecule has 0 radical (unpaired) electrons. The summed E-state index contributed by atoms with van der Waals surface area (Å²) in [6.45, 7) is 0.926. The van der Waals surface area contributed by atoms with E-state index in [1.54, 1.807) is 6.07 Å². The second-order valence-corrected chi connectivity index (χ2v) is 5.71. The third-order valence-corrected chi connectivity index (χ3v) is 3.94. The molecule has 0 unspecified atom stereocenters. The lowest BCUT2D eigenvalue weighted by Gasteiger charge is -2.22. The Labute approximate surface area is 119 Å². The summed E-state index contributed by atoms with van der Waals surface area (Å²) >= 11 is 8.04. The molecule has 1 heterocycles. The van der Waals surface area contributed by atoms with Crippen molar-refractivity contribution in [3.63, 3.8) is 0 Å². The van der Waals surface area contributed by atoms with Gasteiger partial charge in [0.1, 0.15) is 0 Å². The molecule has 1 aromatic rings. The van der Waals surface area contributed by atoms with Crippen LogP contribution in [-0.2, 0) is 4.79 Å². The van der Waals surface area contributed by atoms with Gasteiger partial charge in [0, 0.05) is 8.59 Å². The van der Waals surface area contributed by atoms with Crippen LogP contribution < -0.4 is 10.6 Å². The Bertz CT molecular complexity index is 419. The largest absolute Gasteiger partial charge is 0.324 e. The minimum Gasteiger partial charge on any atom is -0.324 e. The number of hydrogen-bond acceptors (Lipinski definition) is 2. The van der Waals surface area contributed by atoms with E-state index in [-0.39, 0.29) is 11.9 Å². The number of benzene rings is 1. The lowest BCUT2D eigenvalue weighted by Crippen LogP contribution is -2.43. The van der Waals surface area contributed by atoms with Crippen LogP contribution in [0.4, 0.5) is 5.69 Å². The predicted molar refractivity (Wildman–Crippen MR) is 78.4 cm³/mol. The lowest BCUT2D eigenvalue weighted by molar-refractivity contribution is -0.118. The Morgan fingerprint density at radius 1 is 1.47 bits per heavy atom. The first-order chi connectivity index (χ1) is 8.16. The van der Waals surface area contributed by atoms with E-state index in [0.29, 0.717) is 5.02 Å². The van der Waals surface area contributed by atoms with Crippen LogP contribution in [0.25, 0.3) is 0 Å². The number of halogens is 2. The molecule has 3 nitrogen and oxygen atoms in total. The van der Waals surface area contributed by atoms with Crippen LogP contribution in [0.1, 0.15) is 19.3 Å². The third kappa shape index (κ3) is 3.56. The van der Waals surface area contributed by atoms with Gasteiger partial charge in [-0.25, -0.2) is 0 Å². The molecule has 1 aliphatic rings. The van der Waals surface area contributed by atoms with Crippen molar-refractivity contribution in [2.75, 3.05) is 11.9 Å².